The van der Waals surface area contributed by atoms with Crippen molar-refractivity contribution in [3.63, 3.8) is 0 Å². The number of fused-ring (bicyclic) bond motifs is 3. The number of rotatable bonds is 3. The second kappa shape index (κ2) is 11.8. The van der Waals surface area contributed by atoms with Crippen LogP contribution in [-0.2, 0) is 0 Å². The summed E-state index contributed by atoms with van der Waals surface area (Å²) in [4.78, 5) is 8.60. The minimum Gasteiger partial charge on any atom is -0.872 e. The first-order chi connectivity index (χ1) is 14.2. The topological polar surface area (TPSA) is 48.3 Å². The number of aromatic nitrogens is 1. The van der Waals surface area contributed by atoms with E-state index in [2.05, 4.69) is 28.2 Å². The Morgan fingerprint density at radius 2 is 1.80 bits per heavy atom. The van der Waals surface area contributed by atoms with Crippen molar-refractivity contribution in [2.24, 2.45) is 4.99 Å². The van der Waals surface area contributed by atoms with Crippen molar-refractivity contribution >= 4 is 33.5 Å². The van der Waals surface area contributed by atoms with Crippen LogP contribution in [0.15, 0.2) is 77.9 Å². The van der Waals surface area contributed by atoms with Gasteiger partial charge in [0.05, 0.1) is 5.52 Å². The SMILES string of the molecule is C/C=C(\C=NC)c1cccc(-c2ccc([O-])c3c2ccc2cccnc23)c1.CC.[Cs+]. The zero-order chi connectivity index (χ0) is 20.8. The molecule has 1 aromatic heterocycles. The van der Waals surface area contributed by atoms with Gasteiger partial charge in [-0.2, -0.15) is 0 Å². The summed E-state index contributed by atoms with van der Waals surface area (Å²) in [5.74, 6) is 0.00136. The normalized spacial score (nSPS) is 11.3. The maximum Gasteiger partial charge on any atom is 1.00 e. The molecule has 4 heteroatoms. The van der Waals surface area contributed by atoms with E-state index in [1.54, 1.807) is 19.3 Å². The van der Waals surface area contributed by atoms with Crippen LogP contribution in [0.3, 0.4) is 0 Å². The Balaban J connectivity index is 0.00000104. The predicted molar refractivity (Wildman–Crippen MR) is 124 cm³/mol. The van der Waals surface area contributed by atoms with Crippen LogP contribution < -0.4 is 74.0 Å². The molecule has 0 aliphatic heterocycles. The van der Waals surface area contributed by atoms with Gasteiger partial charge in [0.2, 0.25) is 0 Å². The van der Waals surface area contributed by atoms with Gasteiger partial charge in [0.25, 0.3) is 0 Å². The molecule has 146 valence electrons. The number of hydrogen-bond donors (Lipinski definition) is 0. The Morgan fingerprint density at radius 1 is 1.00 bits per heavy atom. The quantitative estimate of drug-likeness (QED) is 0.312. The molecule has 4 rings (SSSR count). The van der Waals surface area contributed by atoms with Crippen LogP contribution in [0.1, 0.15) is 26.3 Å². The minimum absolute atomic E-state index is 0. The molecule has 4 aromatic rings. The summed E-state index contributed by atoms with van der Waals surface area (Å²) >= 11 is 0. The van der Waals surface area contributed by atoms with E-state index in [1.807, 2.05) is 69.5 Å². The van der Waals surface area contributed by atoms with Gasteiger partial charge in [-0.1, -0.05) is 74.2 Å². The molecule has 0 fully saturated rings. The Kier molecular flexibility index (Phi) is 9.81. The van der Waals surface area contributed by atoms with Gasteiger partial charge in [0.15, 0.2) is 0 Å². The van der Waals surface area contributed by atoms with Crippen LogP contribution in [0.4, 0.5) is 0 Å². The fraction of sp³-hybridized carbons (Fsp3) is 0.154. The molecule has 0 amide bonds. The van der Waals surface area contributed by atoms with E-state index in [9.17, 15) is 5.11 Å². The smallest absolute Gasteiger partial charge is 0.872 e. The summed E-state index contributed by atoms with van der Waals surface area (Å²) in [7, 11) is 1.77. The molecule has 30 heavy (non-hydrogen) atoms. The molecule has 0 atom stereocenters. The molecule has 0 aliphatic rings. The summed E-state index contributed by atoms with van der Waals surface area (Å²) < 4.78 is 0. The van der Waals surface area contributed by atoms with Crippen molar-refractivity contribution in [1.82, 2.24) is 4.98 Å². The monoisotopic (exact) mass is 514 g/mol. The van der Waals surface area contributed by atoms with Crippen molar-refractivity contribution in [2.45, 2.75) is 20.8 Å². The van der Waals surface area contributed by atoms with E-state index >= 15 is 0 Å². The first-order valence-electron chi connectivity index (χ1n) is 9.89. The molecule has 0 aliphatic carbocycles. The van der Waals surface area contributed by atoms with Gasteiger partial charge in [-0.15, -0.1) is 0 Å². The predicted octanol–water partition coefficient (Wildman–Crippen LogP) is 3.26. The van der Waals surface area contributed by atoms with Crippen LogP contribution in [0.2, 0.25) is 0 Å². The molecule has 0 bridgehead atoms. The van der Waals surface area contributed by atoms with E-state index in [4.69, 9.17) is 0 Å². The summed E-state index contributed by atoms with van der Waals surface area (Å²) in [6, 6.07) is 19.8. The van der Waals surface area contributed by atoms with Crippen LogP contribution in [-0.4, -0.2) is 18.2 Å². The van der Waals surface area contributed by atoms with Crippen molar-refractivity contribution < 1.29 is 74.0 Å². The summed E-state index contributed by atoms with van der Waals surface area (Å²) in [5.41, 5.74) is 5.01. The summed E-state index contributed by atoms with van der Waals surface area (Å²) in [6.45, 7) is 6.00. The van der Waals surface area contributed by atoms with E-state index < -0.39 is 0 Å². The second-order valence-corrected chi connectivity index (χ2v) is 6.39. The molecule has 0 saturated heterocycles. The Bertz CT molecular complexity index is 1210. The van der Waals surface area contributed by atoms with E-state index in [0.717, 1.165) is 38.6 Å². The number of benzene rings is 3. The molecule has 3 nitrogen and oxygen atoms in total. The van der Waals surface area contributed by atoms with Gasteiger partial charge >= 0.3 is 68.9 Å². The molecular formula is C26H25CsN2O. The average molecular weight is 514 g/mol. The largest absolute Gasteiger partial charge is 1.00 e. The van der Waals surface area contributed by atoms with E-state index in [-0.39, 0.29) is 74.6 Å². The number of nitrogens with zero attached hydrogens (tertiary/aromatic N) is 2. The van der Waals surface area contributed by atoms with Gasteiger partial charge in [-0.05, 0) is 46.7 Å². The van der Waals surface area contributed by atoms with Gasteiger partial charge in [-0.3, -0.25) is 9.98 Å². The molecule has 0 radical (unpaired) electrons. The summed E-state index contributed by atoms with van der Waals surface area (Å²) in [5, 5.41) is 15.2. The third-order valence-electron chi connectivity index (χ3n) is 4.80. The zero-order valence-corrected chi connectivity index (χ0v) is 24.6. The minimum atomic E-state index is 0. The standard InChI is InChI=1S/C24H20N2O.C2H6.Cs/c1-3-16(15-25-2)18-6-4-7-19(14-18)20-11-12-22(27)23-21(20)10-9-17-8-5-13-26-24(17)23;1-2;/h3-15,27H,1-2H3;1-2H3;/q;;+1/p-1/b16-3+,25-15?;;. The first kappa shape index (κ1) is 24.9. The van der Waals surface area contributed by atoms with Crippen molar-refractivity contribution in [3.8, 4) is 16.9 Å². The van der Waals surface area contributed by atoms with Crippen LogP contribution in [0.5, 0.6) is 5.75 Å². The van der Waals surface area contributed by atoms with Crippen LogP contribution >= 0.6 is 0 Å². The van der Waals surface area contributed by atoms with Crippen molar-refractivity contribution in [1.29, 1.82) is 0 Å². The Hall–Kier alpha value is -1.41. The fourth-order valence-electron chi connectivity index (χ4n) is 3.52. The van der Waals surface area contributed by atoms with Gasteiger partial charge in [-0.25, -0.2) is 0 Å². The summed E-state index contributed by atoms with van der Waals surface area (Å²) in [6.07, 6.45) is 5.63. The number of aliphatic imine (C=N–C) groups is 1. The maximum atomic E-state index is 12.6. The number of hydrogen-bond acceptors (Lipinski definition) is 3. The Morgan fingerprint density at radius 3 is 2.53 bits per heavy atom. The molecule has 0 N–H and O–H groups in total. The van der Waals surface area contributed by atoms with Gasteiger partial charge < -0.3 is 5.11 Å². The Labute approximate surface area is 237 Å². The number of allylic oxidation sites excluding steroid dienone is 2. The van der Waals surface area contributed by atoms with Crippen LogP contribution in [0, 0.1) is 0 Å². The van der Waals surface area contributed by atoms with Crippen molar-refractivity contribution in [2.75, 3.05) is 7.05 Å². The molecular weight excluding hydrogens is 489 g/mol. The third kappa shape index (κ3) is 5.07. The van der Waals surface area contributed by atoms with Crippen molar-refractivity contribution in [3.05, 3.63) is 78.5 Å². The molecule has 0 saturated carbocycles. The average Bonchev–Trinajstić information content (AvgIpc) is 2.79. The second-order valence-electron chi connectivity index (χ2n) is 6.39. The maximum absolute atomic E-state index is 12.6. The molecule has 0 unspecified atom stereocenters. The zero-order valence-electron chi connectivity index (χ0n) is 18.3. The first-order valence-corrected chi connectivity index (χ1v) is 9.89. The molecule has 1 heterocycles. The third-order valence-corrected chi connectivity index (χ3v) is 4.80. The molecule has 3 aromatic carbocycles. The van der Waals surface area contributed by atoms with Gasteiger partial charge in [0.1, 0.15) is 0 Å². The van der Waals surface area contributed by atoms with Gasteiger partial charge in [0, 0.05) is 30.2 Å². The van der Waals surface area contributed by atoms with Crippen LogP contribution in [0.25, 0.3) is 38.4 Å². The van der Waals surface area contributed by atoms with E-state index in [0.29, 0.717) is 5.39 Å². The van der Waals surface area contributed by atoms with E-state index in [1.165, 1.54) is 0 Å². The number of pyridine rings is 1. The fourth-order valence-corrected chi connectivity index (χ4v) is 3.52. The molecule has 0 spiro atoms.